The van der Waals surface area contributed by atoms with Crippen molar-refractivity contribution in [1.29, 1.82) is 0 Å². The van der Waals surface area contributed by atoms with E-state index in [1.807, 2.05) is 53.8 Å². The number of ether oxygens (including phenoxy) is 1. The number of hydrogen-bond donors (Lipinski definition) is 1. The highest BCUT2D eigenvalue weighted by Crippen LogP contribution is 2.27. The van der Waals surface area contributed by atoms with Gasteiger partial charge >= 0.3 is 0 Å². The quantitative estimate of drug-likeness (QED) is 0.685. The van der Waals surface area contributed by atoms with E-state index in [2.05, 4.69) is 4.98 Å². The van der Waals surface area contributed by atoms with E-state index in [0.29, 0.717) is 27.2 Å². The van der Waals surface area contributed by atoms with Crippen LogP contribution in [-0.2, 0) is 0 Å². The van der Waals surface area contributed by atoms with Gasteiger partial charge in [-0.05, 0) is 47.7 Å². The predicted octanol–water partition coefficient (Wildman–Crippen LogP) is 3.75. The van der Waals surface area contributed by atoms with Crippen molar-refractivity contribution in [2.24, 2.45) is 0 Å². The third-order valence-corrected chi connectivity index (χ3v) is 3.94. The molecule has 0 saturated heterocycles. The molecule has 0 amide bonds. The number of nitrogens with two attached hydrogens (primary N) is 1. The first-order valence-electron chi connectivity index (χ1n) is 6.46. The maximum atomic E-state index is 13.8. The third-order valence-electron chi connectivity index (χ3n) is 3.11. The Kier molecular flexibility index (Phi) is 3.71. The number of nitrogens with zero attached hydrogens (tertiary/aromatic N) is 2. The topological polar surface area (TPSA) is 53.1 Å². The zero-order valence-corrected chi connectivity index (χ0v) is 13.5. The summed E-state index contributed by atoms with van der Waals surface area (Å²) >= 11 is 1.94. The van der Waals surface area contributed by atoms with Crippen LogP contribution < -0.4 is 10.5 Å². The summed E-state index contributed by atoms with van der Waals surface area (Å²) in [5.74, 6) is 0.771. The van der Waals surface area contributed by atoms with Gasteiger partial charge in [-0.1, -0.05) is 6.07 Å². The Morgan fingerprint density at radius 3 is 2.90 bits per heavy atom. The van der Waals surface area contributed by atoms with E-state index in [1.165, 1.54) is 6.07 Å². The smallest absolute Gasteiger partial charge is 0.205 e. The third kappa shape index (κ3) is 2.55. The molecule has 3 aromatic rings. The lowest BCUT2D eigenvalue weighted by Gasteiger charge is -2.09. The molecule has 4 nitrogen and oxygen atoms in total. The van der Waals surface area contributed by atoms with E-state index >= 15 is 0 Å². The molecule has 0 spiro atoms. The second-order valence-corrected chi connectivity index (χ2v) is 5.65. The molecular formula is C15H13FIN3O. The van der Waals surface area contributed by atoms with Crippen molar-refractivity contribution in [3.8, 4) is 11.4 Å². The molecule has 0 fully saturated rings. The van der Waals surface area contributed by atoms with Crippen LogP contribution in [0.3, 0.4) is 0 Å². The molecule has 108 valence electrons. The Morgan fingerprint density at radius 1 is 1.33 bits per heavy atom. The number of halogens is 2. The molecule has 1 heterocycles. The van der Waals surface area contributed by atoms with E-state index in [1.54, 1.807) is 10.6 Å². The van der Waals surface area contributed by atoms with Gasteiger partial charge < -0.3 is 10.5 Å². The van der Waals surface area contributed by atoms with Crippen molar-refractivity contribution in [2.75, 3.05) is 12.3 Å². The van der Waals surface area contributed by atoms with Crippen LogP contribution in [0.15, 0.2) is 36.4 Å². The van der Waals surface area contributed by atoms with Crippen LogP contribution in [0.2, 0.25) is 0 Å². The normalized spacial score (nSPS) is 11.0. The lowest BCUT2D eigenvalue weighted by atomic mass is 10.2. The van der Waals surface area contributed by atoms with Crippen molar-refractivity contribution >= 4 is 39.6 Å². The lowest BCUT2D eigenvalue weighted by Crippen LogP contribution is -2.01. The van der Waals surface area contributed by atoms with Gasteiger partial charge in [0.25, 0.3) is 0 Å². The highest BCUT2D eigenvalue weighted by atomic mass is 127. The van der Waals surface area contributed by atoms with Gasteiger partial charge in [0.1, 0.15) is 11.6 Å². The molecule has 1 aromatic heterocycles. The van der Waals surface area contributed by atoms with Crippen LogP contribution in [-0.4, -0.2) is 16.2 Å². The van der Waals surface area contributed by atoms with Crippen molar-refractivity contribution in [3.63, 3.8) is 0 Å². The van der Waals surface area contributed by atoms with Gasteiger partial charge in [0, 0.05) is 12.1 Å². The average molecular weight is 397 g/mol. The molecule has 2 aromatic carbocycles. The number of rotatable bonds is 3. The largest absolute Gasteiger partial charge is 0.494 e. The minimum Gasteiger partial charge on any atom is -0.494 e. The maximum Gasteiger partial charge on any atom is 0.205 e. The second kappa shape index (κ2) is 5.51. The zero-order valence-electron chi connectivity index (χ0n) is 11.3. The SMILES string of the molecule is CCOc1cccc(-n2c(N)nc3cc(I)c(F)cc32)c1. The summed E-state index contributed by atoms with van der Waals surface area (Å²) in [7, 11) is 0. The molecule has 0 bridgehead atoms. The first kappa shape index (κ1) is 14.1. The Balaban J connectivity index is 2.22. The number of imidazole rings is 1. The second-order valence-electron chi connectivity index (χ2n) is 4.49. The first-order valence-corrected chi connectivity index (χ1v) is 7.54. The summed E-state index contributed by atoms with van der Waals surface area (Å²) in [5.41, 5.74) is 8.09. The predicted molar refractivity (Wildman–Crippen MR) is 89.3 cm³/mol. The Morgan fingerprint density at radius 2 is 2.14 bits per heavy atom. The molecular weight excluding hydrogens is 384 g/mol. The summed E-state index contributed by atoms with van der Waals surface area (Å²) in [6.07, 6.45) is 0. The van der Waals surface area contributed by atoms with Crippen LogP contribution in [0.25, 0.3) is 16.7 Å². The molecule has 3 rings (SSSR count). The van der Waals surface area contributed by atoms with Crippen LogP contribution >= 0.6 is 22.6 Å². The maximum absolute atomic E-state index is 13.8. The van der Waals surface area contributed by atoms with E-state index in [4.69, 9.17) is 10.5 Å². The number of anilines is 1. The molecule has 0 aliphatic rings. The fraction of sp³-hybridized carbons (Fsp3) is 0.133. The highest BCUT2D eigenvalue weighted by molar-refractivity contribution is 14.1. The molecule has 0 atom stereocenters. The summed E-state index contributed by atoms with van der Waals surface area (Å²) in [4.78, 5) is 4.30. The van der Waals surface area contributed by atoms with Gasteiger partial charge in [0.2, 0.25) is 5.95 Å². The summed E-state index contributed by atoms with van der Waals surface area (Å²) in [6, 6.07) is 10.6. The summed E-state index contributed by atoms with van der Waals surface area (Å²) < 4.78 is 21.6. The fourth-order valence-corrected chi connectivity index (χ4v) is 2.69. The van der Waals surface area contributed by atoms with Gasteiger partial charge in [0.15, 0.2) is 0 Å². The van der Waals surface area contributed by atoms with Crippen molar-refractivity contribution in [1.82, 2.24) is 9.55 Å². The van der Waals surface area contributed by atoms with E-state index in [0.717, 1.165) is 11.4 Å². The molecule has 0 aliphatic heterocycles. The van der Waals surface area contributed by atoms with Gasteiger partial charge in [0.05, 0.1) is 26.9 Å². The molecule has 2 N–H and O–H groups in total. The van der Waals surface area contributed by atoms with Crippen molar-refractivity contribution in [3.05, 3.63) is 45.8 Å². The molecule has 0 saturated carbocycles. The number of benzene rings is 2. The van der Waals surface area contributed by atoms with Gasteiger partial charge in [-0.3, -0.25) is 4.57 Å². The van der Waals surface area contributed by atoms with E-state index in [9.17, 15) is 4.39 Å². The lowest BCUT2D eigenvalue weighted by molar-refractivity contribution is 0.340. The first-order chi connectivity index (χ1) is 10.1. The zero-order chi connectivity index (χ0) is 15.0. The summed E-state index contributed by atoms with van der Waals surface area (Å²) in [5, 5.41) is 0. The molecule has 21 heavy (non-hydrogen) atoms. The van der Waals surface area contributed by atoms with Crippen molar-refractivity contribution < 1.29 is 9.13 Å². The Hall–Kier alpha value is -1.83. The monoisotopic (exact) mass is 397 g/mol. The fourth-order valence-electron chi connectivity index (χ4n) is 2.24. The number of aromatic nitrogens is 2. The molecule has 0 aliphatic carbocycles. The number of fused-ring (bicyclic) bond motifs is 1. The van der Waals surface area contributed by atoms with Crippen LogP contribution in [0.1, 0.15) is 6.92 Å². The molecule has 6 heteroatoms. The van der Waals surface area contributed by atoms with Crippen LogP contribution in [0, 0.1) is 9.39 Å². The summed E-state index contributed by atoms with van der Waals surface area (Å²) in [6.45, 7) is 2.50. The van der Waals surface area contributed by atoms with Gasteiger partial charge in [-0.2, -0.15) is 0 Å². The standard InChI is InChI=1S/C15H13FIN3O/c1-2-21-10-5-3-4-9(6-10)20-14-7-11(16)12(17)8-13(14)19-15(20)18/h3-8H,2H2,1H3,(H2,18,19). The Bertz CT molecular complexity index is 816. The van der Waals surface area contributed by atoms with E-state index in [-0.39, 0.29) is 5.82 Å². The van der Waals surface area contributed by atoms with Gasteiger partial charge in [-0.25, -0.2) is 9.37 Å². The number of hydrogen-bond acceptors (Lipinski definition) is 3. The average Bonchev–Trinajstić information content (AvgIpc) is 2.75. The molecule has 0 unspecified atom stereocenters. The van der Waals surface area contributed by atoms with Crippen LogP contribution in [0.5, 0.6) is 5.75 Å². The van der Waals surface area contributed by atoms with Gasteiger partial charge in [-0.15, -0.1) is 0 Å². The van der Waals surface area contributed by atoms with Crippen LogP contribution in [0.4, 0.5) is 10.3 Å². The minimum atomic E-state index is -0.287. The number of nitrogen functional groups attached to an aromatic ring is 1. The highest BCUT2D eigenvalue weighted by Gasteiger charge is 2.13. The molecule has 0 radical (unpaired) electrons. The minimum absolute atomic E-state index is 0.287. The van der Waals surface area contributed by atoms with E-state index < -0.39 is 0 Å². The Labute approximate surface area is 134 Å². The van der Waals surface area contributed by atoms with Crippen molar-refractivity contribution in [2.45, 2.75) is 6.92 Å².